The number of hydrogen-bond acceptors (Lipinski definition) is 7. The largest absolute Gasteiger partial charge is 0.493 e. The summed E-state index contributed by atoms with van der Waals surface area (Å²) in [6.45, 7) is 2.47. The number of carbonyl (C=O) groups excluding carboxylic acids is 1. The molecule has 5 aromatic carbocycles. The van der Waals surface area contributed by atoms with Crippen LogP contribution in [-0.4, -0.2) is 24.2 Å². The molecule has 0 aliphatic heterocycles. The number of hydrazone groups is 1. The van der Waals surface area contributed by atoms with Crippen molar-refractivity contribution in [2.24, 2.45) is 5.10 Å². The molecular formula is C36H30N4O3S. The van der Waals surface area contributed by atoms with Crippen LogP contribution in [-0.2, 0) is 6.61 Å². The maximum Gasteiger partial charge on any atom is 0.271 e. The van der Waals surface area contributed by atoms with Crippen molar-refractivity contribution in [3.05, 3.63) is 137 Å². The van der Waals surface area contributed by atoms with Gasteiger partial charge in [-0.3, -0.25) is 4.79 Å². The van der Waals surface area contributed by atoms with Crippen LogP contribution in [0.5, 0.6) is 11.5 Å². The molecule has 2 N–H and O–H groups in total. The Morgan fingerprint density at radius 3 is 2.52 bits per heavy atom. The standard InChI is InChI=1S/C36H30N4O3S/c1-24-10-17-30(18-11-24)38-36-39-32(23-44-36)27-13-15-28(16-14-27)35(41)40-37-21-25-12-19-33(34(20-25)42-2)43-22-29-8-5-7-26-6-3-4-9-31(26)29/h3-21,23H,22H2,1-2H3,(H,38,39)(H,40,41)/b37-21-. The van der Waals surface area contributed by atoms with Crippen LogP contribution in [0.15, 0.2) is 120 Å². The van der Waals surface area contributed by atoms with E-state index in [1.165, 1.54) is 22.3 Å². The maximum atomic E-state index is 12.7. The van der Waals surface area contributed by atoms with E-state index < -0.39 is 0 Å². The van der Waals surface area contributed by atoms with E-state index in [1.807, 2.05) is 66.0 Å². The zero-order chi connectivity index (χ0) is 30.3. The molecule has 1 aromatic heterocycles. The number of aromatic nitrogens is 1. The summed E-state index contributed by atoms with van der Waals surface area (Å²) in [4.78, 5) is 17.4. The van der Waals surface area contributed by atoms with Crippen LogP contribution >= 0.6 is 11.3 Å². The van der Waals surface area contributed by atoms with Gasteiger partial charge in [-0.1, -0.05) is 72.3 Å². The van der Waals surface area contributed by atoms with Crippen LogP contribution < -0.4 is 20.2 Å². The number of methoxy groups -OCH3 is 1. The number of ether oxygens (including phenoxy) is 2. The molecule has 44 heavy (non-hydrogen) atoms. The quantitative estimate of drug-likeness (QED) is 0.122. The summed E-state index contributed by atoms with van der Waals surface area (Å²) in [6.07, 6.45) is 1.57. The third-order valence-corrected chi connectivity index (χ3v) is 7.84. The third-order valence-electron chi connectivity index (χ3n) is 7.08. The van der Waals surface area contributed by atoms with E-state index >= 15 is 0 Å². The molecule has 7 nitrogen and oxygen atoms in total. The average molecular weight is 599 g/mol. The van der Waals surface area contributed by atoms with Gasteiger partial charge in [-0.2, -0.15) is 5.10 Å². The summed E-state index contributed by atoms with van der Waals surface area (Å²) < 4.78 is 11.7. The number of nitrogens with one attached hydrogen (secondary N) is 2. The first-order valence-electron chi connectivity index (χ1n) is 14.1. The van der Waals surface area contributed by atoms with Crippen LogP contribution in [0.2, 0.25) is 0 Å². The van der Waals surface area contributed by atoms with Gasteiger partial charge in [-0.15, -0.1) is 11.3 Å². The molecule has 0 unspecified atom stereocenters. The molecule has 0 bridgehead atoms. The van der Waals surface area contributed by atoms with E-state index in [0.29, 0.717) is 23.7 Å². The van der Waals surface area contributed by atoms with Crippen LogP contribution in [0.4, 0.5) is 10.8 Å². The second kappa shape index (κ2) is 13.2. The van der Waals surface area contributed by atoms with Crippen molar-refractivity contribution < 1.29 is 14.3 Å². The molecule has 218 valence electrons. The van der Waals surface area contributed by atoms with Crippen molar-refractivity contribution in [2.75, 3.05) is 12.4 Å². The number of carbonyl (C=O) groups is 1. The van der Waals surface area contributed by atoms with Crippen LogP contribution in [0.1, 0.15) is 27.0 Å². The van der Waals surface area contributed by atoms with Crippen molar-refractivity contribution in [3.8, 4) is 22.8 Å². The van der Waals surface area contributed by atoms with Gasteiger partial charge in [0.25, 0.3) is 5.91 Å². The summed E-state index contributed by atoms with van der Waals surface area (Å²) >= 11 is 1.53. The van der Waals surface area contributed by atoms with Gasteiger partial charge in [-0.25, -0.2) is 10.4 Å². The molecule has 0 radical (unpaired) electrons. The minimum absolute atomic E-state index is 0.310. The number of benzene rings is 5. The van der Waals surface area contributed by atoms with Gasteiger partial charge >= 0.3 is 0 Å². The molecule has 8 heteroatoms. The fraction of sp³-hybridized carbons (Fsp3) is 0.0833. The van der Waals surface area contributed by atoms with Crippen molar-refractivity contribution >= 4 is 45.0 Å². The SMILES string of the molecule is COc1cc(/C=N\NC(=O)c2ccc(-c3csc(Nc4ccc(C)cc4)n3)cc2)ccc1OCc1cccc2ccccc12. The molecule has 0 spiro atoms. The van der Waals surface area contributed by atoms with Gasteiger partial charge in [0, 0.05) is 22.2 Å². The Morgan fingerprint density at radius 2 is 1.70 bits per heavy atom. The fourth-order valence-electron chi connectivity index (χ4n) is 4.70. The van der Waals surface area contributed by atoms with Crippen LogP contribution in [0.25, 0.3) is 22.0 Å². The molecule has 1 heterocycles. The monoisotopic (exact) mass is 598 g/mol. The van der Waals surface area contributed by atoms with Crippen molar-refractivity contribution in [1.29, 1.82) is 0 Å². The zero-order valence-corrected chi connectivity index (χ0v) is 25.1. The smallest absolute Gasteiger partial charge is 0.271 e. The second-order valence-corrected chi connectivity index (χ2v) is 11.0. The van der Waals surface area contributed by atoms with E-state index in [-0.39, 0.29) is 5.91 Å². The lowest BCUT2D eigenvalue weighted by Gasteiger charge is -2.12. The molecule has 0 atom stereocenters. The Balaban J connectivity index is 1.05. The number of thiazole rings is 1. The number of aryl methyl sites for hydroxylation is 1. The lowest BCUT2D eigenvalue weighted by atomic mass is 10.1. The van der Waals surface area contributed by atoms with Crippen molar-refractivity contribution in [3.63, 3.8) is 0 Å². The molecule has 6 rings (SSSR count). The number of anilines is 2. The fourth-order valence-corrected chi connectivity index (χ4v) is 5.44. The molecule has 0 saturated carbocycles. The number of amides is 1. The summed E-state index contributed by atoms with van der Waals surface area (Å²) in [5.41, 5.74) is 8.90. The third kappa shape index (κ3) is 6.77. The topological polar surface area (TPSA) is 84.8 Å². The summed E-state index contributed by atoms with van der Waals surface area (Å²) in [6, 6.07) is 35.4. The normalized spacial score (nSPS) is 11.0. The first kappa shape index (κ1) is 28.6. The predicted octanol–water partition coefficient (Wildman–Crippen LogP) is 8.37. The van der Waals surface area contributed by atoms with E-state index in [9.17, 15) is 4.79 Å². The molecule has 0 aliphatic rings. The number of fused-ring (bicyclic) bond motifs is 1. The average Bonchev–Trinajstić information content (AvgIpc) is 3.53. The highest BCUT2D eigenvalue weighted by Gasteiger charge is 2.10. The Kier molecular flexibility index (Phi) is 8.61. The number of rotatable bonds is 10. The predicted molar refractivity (Wildman–Crippen MR) is 178 cm³/mol. The summed E-state index contributed by atoms with van der Waals surface area (Å²) in [7, 11) is 1.60. The minimum Gasteiger partial charge on any atom is -0.493 e. The maximum absolute atomic E-state index is 12.7. The molecule has 0 fully saturated rings. The molecule has 6 aromatic rings. The molecular weight excluding hydrogens is 568 g/mol. The highest BCUT2D eigenvalue weighted by atomic mass is 32.1. The molecule has 0 saturated heterocycles. The summed E-state index contributed by atoms with van der Waals surface area (Å²) in [5.74, 6) is 0.894. The number of hydrogen-bond donors (Lipinski definition) is 2. The first-order valence-corrected chi connectivity index (χ1v) is 14.9. The van der Waals surface area contributed by atoms with E-state index in [4.69, 9.17) is 9.47 Å². The molecule has 0 aliphatic carbocycles. The highest BCUT2D eigenvalue weighted by molar-refractivity contribution is 7.14. The van der Waals surface area contributed by atoms with E-state index in [1.54, 1.807) is 25.5 Å². The van der Waals surface area contributed by atoms with Gasteiger partial charge in [0.15, 0.2) is 16.6 Å². The Labute approximate surface area is 259 Å². The Hall–Kier alpha value is -5.47. The highest BCUT2D eigenvalue weighted by Crippen LogP contribution is 2.30. The van der Waals surface area contributed by atoms with Crippen LogP contribution in [0, 0.1) is 6.92 Å². The number of nitrogens with zero attached hydrogens (tertiary/aromatic N) is 2. The Bertz CT molecular complexity index is 1930. The van der Waals surface area contributed by atoms with Gasteiger partial charge in [0.05, 0.1) is 19.0 Å². The van der Waals surface area contributed by atoms with E-state index in [0.717, 1.165) is 38.6 Å². The van der Waals surface area contributed by atoms with Crippen molar-refractivity contribution in [2.45, 2.75) is 13.5 Å². The first-order chi connectivity index (χ1) is 21.6. The van der Waals surface area contributed by atoms with E-state index in [2.05, 4.69) is 64.1 Å². The minimum atomic E-state index is -0.310. The summed E-state index contributed by atoms with van der Waals surface area (Å²) in [5, 5.41) is 12.6. The lowest BCUT2D eigenvalue weighted by molar-refractivity contribution is 0.0955. The van der Waals surface area contributed by atoms with Gasteiger partial charge < -0.3 is 14.8 Å². The second-order valence-electron chi connectivity index (χ2n) is 10.1. The lowest BCUT2D eigenvalue weighted by Crippen LogP contribution is -2.17. The van der Waals surface area contributed by atoms with Crippen LogP contribution in [0.3, 0.4) is 0 Å². The van der Waals surface area contributed by atoms with Crippen molar-refractivity contribution in [1.82, 2.24) is 10.4 Å². The zero-order valence-electron chi connectivity index (χ0n) is 24.3. The Morgan fingerprint density at radius 1 is 0.909 bits per heavy atom. The molecule has 1 amide bonds. The van der Waals surface area contributed by atoms with Gasteiger partial charge in [0.1, 0.15) is 6.61 Å². The van der Waals surface area contributed by atoms with Gasteiger partial charge in [0.2, 0.25) is 0 Å². The van der Waals surface area contributed by atoms with Gasteiger partial charge in [-0.05, 0) is 71.3 Å².